The molecule has 1 aromatic heterocycles. The molecule has 0 bridgehead atoms. The van der Waals surface area contributed by atoms with E-state index in [0.717, 1.165) is 10.9 Å². The number of aliphatic carboxylic acids is 1. The summed E-state index contributed by atoms with van der Waals surface area (Å²) in [6, 6.07) is 7.40. The molecular formula is C15H17BrN2O3. The molecule has 0 fully saturated rings. The van der Waals surface area contributed by atoms with Crippen molar-refractivity contribution in [1.82, 2.24) is 9.88 Å². The van der Waals surface area contributed by atoms with E-state index < -0.39 is 5.97 Å². The first kappa shape index (κ1) is 15.6. The third-order valence-electron chi connectivity index (χ3n) is 3.55. The summed E-state index contributed by atoms with van der Waals surface area (Å²) in [5, 5.41) is 9.92. The second-order valence-corrected chi connectivity index (χ2v) is 5.74. The van der Waals surface area contributed by atoms with Crippen molar-refractivity contribution in [2.45, 2.75) is 26.3 Å². The van der Waals surface area contributed by atoms with Crippen LogP contribution in [0.5, 0.6) is 0 Å². The van der Waals surface area contributed by atoms with Gasteiger partial charge < -0.3 is 15.0 Å². The minimum Gasteiger partial charge on any atom is -0.480 e. The highest BCUT2D eigenvalue weighted by molar-refractivity contribution is 9.10. The molecule has 2 N–H and O–H groups in total. The van der Waals surface area contributed by atoms with Crippen molar-refractivity contribution in [3.63, 3.8) is 0 Å². The smallest absolute Gasteiger partial charge is 0.323 e. The Balaban J connectivity index is 2.43. The molecule has 0 saturated carbocycles. The average molecular weight is 353 g/mol. The average Bonchev–Trinajstić information content (AvgIpc) is 2.81. The zero-order chi connectivity index (χ0) is 15.6. The molecule has 0 aliphatic heterocycles. The summed E-state index contributed by atoms with van der Waals surface area (Å²) in [6.07, 6.45) is 0.691. The van der Waals surface area contributed by atoms with E-state index in [9.17, 15) is 9.59 Å². The fourth-order valence-corrected chi connectivity index (χ4v) is 2.81. The number of carbonyl (C=O) groups is 2. The van der Waals surface area contributed by atoms with E-state index in [1.54, 1.807) is 0 Å². The number of nitrogens with zero attached hydrogens (tertiary/aromatic N) is 1. The predicted molar refractivity (Wildman–Crippen MR) is 84.4 cm³/mol. The summed E-state index contributed by atoms with van der Waals surface area (Å²) in [6.45, 7) is 3.46. The maximum Gasteiger partial charge on any atom is 0.323 e. The number of hydrogen-bond acceptors (Lipinski definition) is 2. The molecule has 0 spiro atoms. The zero-order valence-corrected chi connectivity index (χ0v) is 13.5. The van der Waals surface area contributed by atoms with E-state index in [0.29, 0.717) is 16.6 Å². The van der Waals surface area contributed by atoms with Crippen LogP contribution >= 0.6 is 15.9 Å². The maximum absolute atomic E-state index is 12.7. The number of nitrogens with one attached hydrogen (secondary N) is 1. The van der Waals surface area contributed by atoms with Crippen LogP contribution in [0.2, 0.25) is 0 Å². The first-order valence-corrected chi connectivity index (χ1v) is 7.54. The maximum atomic E-state index is 12.7. The Morgan fingerprint density at radius 2 is 2.05 bits per heavy atom. The quantitative estimate of drug-likeness (QED) is 0.867. The lowest BCUT2D eigenvalue weighted by molar-refractivity contribution is -0.138. The highest BCUT2D eigenvalue weighted by Gasteiger charge is 2.26. The number of H-pyrrole nitrogens is 1. The van der Waals surface area contributed by atoms with Gasteiger partial charge in [-0.15, -0.1) is 0 Å². The normalized spacial score (nSPS) is 12.3. The van der Waals surface area contributed by atoms with Gasteiger partial charge in [0, 0.05) is 16.9 Å². The Morgan fingerprint density at radius 1 is 1.38 bits per heavy atom. The van der Waals surface area contributed by atoms with E-state index in [2.05, 4.69) is 20.9 Å². The lowest BCUT2D eigenvalue weighted by Gasteiger charge is -2.26. The van der Waals surface area contributed by atoms with Gasteiger partial charge in [-0.25, -0.2) is 0 Å². The second-order valence-electron chi connectivity index (χ2n) is 4.94. The van der Waals surface area contributed by atoms with Crippen LogP contribution in [0.1, 0.15) is 30.8 Å². The Hall–Kier alpha value is -1.82. The molecule has 1 amide bonds. The largest absolute Gasteiger partial charge is 0.480 e. The molecule has 0 aliphatic carbocycles. The van der Waals surface area contributed by atoms with Crippen LogP contribution < -0.4 is 0 Å². The van der Waals surface area contributed by atoms with Gasteiger partial charge in [-0.05, 0) is 35.3 Å². The Labute approximate surface area is 131 Å². The standard InChI is InChI=1S/C15H17BrN2O3/c1-3-9(2)18(8-12(19)20)15(21)14-13(16)10-6-4-5-7-11(10)17-14/h4-7,9,17H,3,8H2,1-2H3,(H,19,20). The number of rotatable bonds is 5. The van der Waals surface area contributed by atoms with Gasteiger partial charge in [0.15, 0.2) is 0 Å². The molecule has 2 rings (SSSR count). The van der Waals surface area contributed by atoms with Crippen LogP contribution in [0.3, 0.4) is 0 Å². The van der Waals surface area contributed by atoms with Crippen LogP contribution in [0, 0.1) is 0 Å². The first-order chi connectivity index (χ1) is 9.95. The Kier molecular flexibility index (Phi) is 4.67. The number of amides is 1. The van der Waals surface area contributed by atoms with E-state index in [-0.39, 0.29) is 18.5 Å². The molecule has 1 atom stereocenters. The minimum absolute atomic E-state index is 0.146. The van der Waals surface area contributed by atoms with Crippen molar-refractivity contribution >= 4 is 38.7 Å². The number of aromatic nitrogens is 1. The summed E-state index contributed by atoms with van der Waals surface area (Å²) in [7, 11) is 0. The van der Waals surface area contributed by atoms with Gasteiger partial charge in [0.05, 0.1) is 4.47 Å². The number of carboxylic acids is 1. The van der Waals surface area contributed by atoms with E-state index >= 15 is 0 Å². The summed E-state index contributed by atoms with van der Waals surface area (Å²) >= 11 is 3.43. The second kappa shape index (κ2) is 6.30. The van der Waals surface area contributed by atoms with Gasteiger partial charge in [0.25, 0.3) is 5.91 Å². The SMILES string of the molecule is CCC(C)N(CC(=O)O)C(=O)c1[nH]c2ccccc2c1Br. The van der Waals surface area contributed by atoms with Crippen molar-refractivity contribution in [3.8, 4) is 0 Å². The minimum atomic E-state index is -1.02. The third kappa shape index (κ3) is 3.10. The monoisotopic (exact) mass is 352 g/mol. The van der Waals surface area contributed by atoms with Crippen LogP contribution in [0.25, 0.3) is 10.9 Å². The number of aromatic amines is 1. The topological polar surface area (TPSA) is 73.4 Å². The van der Waals surface area contributed by atoms with Gasteiger partial charge in [0.1, 0.15) is 12.2 Å². The van der Waals surface area contributed by atoms with E-state index in [4.69, 9.17) is 5.11 Å². The zero-order valence-electron chi connectivity index (χ0n) is 11.9. The number of carboxylic acid groups (broad SMARTS) is 1. The molecule has 0 saturated heterocycles. The van der Waals surface area contributed by atoms with Gasteiger partial charge in [0.2, 0.25) is 0 Å². The molecule has 1 aromatic carbocycles. The Bertz CT molecular complexity index is 681. The molecule has 1 heterocycles. The molecule has 2 aromatic rings. The first-order valence-electron chi connectivity index (χ1n) is 6.74. The predicted octanol–water partition coefficient (Wildman–Crippen LogP) is 3.26. The molecule has 1 unspecified atom stereocenters. The van der Waals surface area contributed by atoms with Crippen LogP contribution in [0.4, 0.5) is 0 Å². The summed E-state index contributed by atoms with van der Waals surface area (Å²) in [4.78, 5) is 28.1. The fourth-order valence-electron chi connectivity index (χ4n) is 2.19. The van der Waals surface area contributed by atoms with Gasteiger partial charge in [-0.3, -0.25) is 9.59 Å². The third-order valence-corrected chi connectivity index (χ3v) is 4.37. The number of para-hydroxylation sites is 1. The lowest BCUT2D eigenvalue weighted by Crippen LogP contribution is -2.42. The molecule has 6 heteroatoms. The van der Waals surface area contributed by atoms with Crippen molar-refractivity contribution in [3.05, 3.63) is 34.4 Å². The molecule has 0 radical (unpaired) electrons. The van der Waals surface area contributed by atoms with Crippen molar-refractivity contribution in [2.24, 2.45) is 0 Å². The number of halogens is 1. The molecule has 5 nitrogen and oxygen atoms in total. The highest BCUT2D eigenvalue weighted by Crippen LogP contribution is 2.29. The number of carbonyl (C=O) groups excluding carboxylic acids is 1. The van der Waals surface area contributed by atoms with Crippen molar-refractivity contribution in [2.75, 3.05) is 6.54 Å². The van der Waals surface area contributed by atoms with Crippen LogP contribution in [-0.4, -0.2) is 39.5 Å². The van der Waals surface area contributed by atoms with Crippen LogP contribution in [-0.2, 0) is 4.79 Å². The number of fused-ring (bicyclic) bond motifs is 1. The van der Waals surface area contributed by atoms with Crippen LogP contribution in [0.15, 0.2) is 28.7 Å². The van der Waals surface area contributed by atoms with E-state index in [1.165, 1.54) is 4.90 Å². The van der Waals surface area contributed by atoms with Gasteiger partial charge in [-0.1, -0.05) is 25.1 Å². The van der Waals surface area contributed by atoms with Gasteiger partial charge >= 0.3 is 5.97 Å². The van der Waals surface area contributed by atoms with E-state index in [1.807, 2.05) is 38.1 Å². The molecular weight excluding hydrogens is 336 g/mol. The fraction of sp³-hybridized carbons (Fsp3) is 0.333. The lowest BCUT2D eigenvalue weighted by atomic mass is 10.2. The Morgan fingerprint density at radius 3 is 2.62 bits per heavy atom. The number of benzene rings is 1. The van der Waals surface area contributed by atoms with Crippen molar-refractivity contribution < 1.29 is 14.7 Å². The molecule has 112 valence electrons. The summed E-state index contributed by atoms with van der Waals surface area (Å²) < 4.78 is 0.668. The summed E-state index contributed by atoms with van der Waals surface area (Å²) in [5.74, 6) is -1.33. The highest BCUT2D eigenvalue weighted by atomic mass is 79.9. The summed E-state index contributed by atoms with van der Waals surface area (Å²) in [5.41, 5.74) is 1.23. The number of hydrogen-bond donors (Lipinski definition) is 2. The molecule has 21 heavy (non-hydrogen) atoms. The van der Waals surface area contributed by atoms with Gasteiger partial charge in [-0.2, -0.15) is 0 Å². The molecule has 0 aliphatic rings. The van der Waals surface area contributed by atoms with Crippen molar-refractivity contribution in [1.29, 1.82) is 0 Å².